The first-order valence-electron chi connectivity index (χ1n) is 7.56. The topological polar surface area (TPSA) is 68.2 Å². The van der Waals surface area contributed by atoms with Crippen molar-refractivity contribution >= 4 is 6.09 Å². The third-order valence-electron chi connectivity index (χ3n) is 3.01. The zero-order valence-corrected chi connectivity index (χ0v) is 13.8. The molecule has 1 unspecified atom stereocenters. The number of alkyl carbamates (subject to hydrolysis) is 1. The number of aryl methyl sites for hydroxylation is 1. The maximum absolute atomic E-state index is 11.7. The molecule has 1 amide bonds. The molecule has 1 aromatic heterocycles. The van der Waals surface area contributed by atoms with Gasteiger partial charge in [-0.2, -0.15) is 5.10 Å². The highest BCUT2D eigenvalue weighted by molar-refractivity contribution is 5.68. The molecular weight excluding hydrogens is 268 g/mol. The molecule has 1 atom stereocenters. The molecule has 0 aliphatic carbocycles. The third-order valence-corrected chi connectivity index (χ3v) is 3.01. The van der Waals surface area contributed by atoms with Crippen LogP contribution in [0.1, 0.15) is 46.7 Å². The van der Waals surface area contributed by atoms with Gasteiger partial charge in [0, 0.05) is 31.9 Å². The van der Waals surface area contributed by atoms with E-state index in [2.05, 4.69) is 22.7 Å². The minimum absolute atomic E-state index is 0.0536. The molecule has 0 fully saturated rings. The fourth-order valence-corrected chi connectivity index (χ4v) is 1.94. The highest BCUT2D eigenvalue weighted by Gasteiger charge is 2.18. The van der Waals surface area contributed by atoms with Crippen LogP contribution in [0, 0.1) is 0 Å². The molecule has 0 aromatic carbocycles. The second-order valence-corrected chi connectivity index (χ2v) is 6.02. The van der Waals surface area contributed by atoms with Crippen LogP contribution >= 0.6 is 0 Å². The molecule has 2 N–H and O–H groups in total. The fraction of sp³-hybridized carbons (Fsp3) is 0.733. The van der Waals surface area contributed by atoms with Gasteiger partial charge in [0.15, 0.2) is 0 Å². The van der Waals surface area contributed by atoms with E-state index in [1.54, 1.807) is 6.20 Å². The molecule has 6 heteroatoms. The van der Waals surface area contributed by atoms with Gasteiger partial charge in [-0.3, -0.25) is 4.68 Å². The van der Waals surface area contributed by atoms with Gasteiger partial charge in [-0.05, 0) is 40.2 Å². The lowest BCUT2D eigenvalue weighted by molar-refractivity contribution is 0.0502. The number of carbonyl (C=O) groups is 1. The van der Waals surface area contributed by atoms with E-state index >= 15 is 0 Å². The van der Waals surface area contributed by atoms with Crippen molar-refractivity contribution in [2.24, 2.45) is 0 Å². The number of hydrogen-bond acceptors (Lipinski definition) is 4. The average Bonchev–Trinajstić information content (AvgIpc) is 2.82. The highest BCUT2D eigenvalue weighted by atomic mass is 16.6. The molecule has 0 aliphatic heterocycles. The largest absolute Gasteiger partial charge is 0.444 e. The van der Waals surface area contributed by atoms with Gasteiger partial charge in [-0.1, -0.05) is 6.92 Å². The zero-order chi connectivity index (χ0) is 15.9. The molecule has 0 aliphatic rings. The van der Waals surface area contributed by atoms with E-state index in [0.717, 1.165) is 25.2 Å². The summed E-state index contributed by atoms with van der Waals surface area (Å²) in [7, 11) is 0. The average molecular weight is 296 g/mol. The van der Waals surface area contributed by atoms with E-state index in [0.29, 0.717) is 6.54 Å². The molecule has 21 heavy (non-hydrogen) atoms. The molecule has 6 nitrogen and oxygen atoms in total. The molecule has 1 aromatic rings. The highest BCUT2D eigenvalue weighted by Crippen LogP contribution is 2.07. The summed E-state index contributed by atoms with van der Waals surface area (Å²) in [5.74, 6) is 0. The molecule has 0 radical (unpaired) electrons. The van der Waals surface area contributed by atoms with Crippen molar-refractivity contribution in [2.45, 2.75) is 65.8 Å². The van der Waals surface area contributed by atoms with Crippen molar-refractivity contribution in [1.29, 1.82) is 0 Å². The Morgan fingerprint density at radius 3 is 2.71 bits per heavy atom. The van der Waals surface area contributed by atoms with Gasteiger partial charge in [-0.15, -0.1) is 0 Å². The van der Waals surface area contributed by atoms with Crippen LogP contribution < -0.4 is 10.6 Å². The van der Waals surface area contributed by atoms with Gasteiger partial charge in [-0.25, -0.2) is 4.79 Å². The Morgan fingerprint density at radius 1 is 1.43 bits per heavy atom. The monoisotopic (exact) mass is 296 g/mol. The van der Waals surface area contributed by atoms with Crippen LogP contribution in [-0.4, -0.2) is 34.1 Å². The lowest BCUT2D eigenvalue weighted by atomic mass is 10.2. The zero-order valence-electron chi connectivity index (χ0n) is 13.8. The minimum atomic E-state index is -0.469. The Hall–Kier alpha value is -1.56. The van der Waals surface area contributed by atoms with Crippen molar-refractivity contribution < 1.29 is 9.53 Å². The van der Waals surface area contributed by atoms with E-state index in [4.69, 9.17) is 4.74 Å². The van der Waals surface area contributed by atoms with Crippen molar-refractivity contribution in [3.8, 4) is 0 Å². The number of rotatable bonds is 7. The maximum Gasteiger partial charge on any atom is 0.407 e. The van der Waals surface area contributed by atoms with Crippen molar-refractivity contribution in [3.05, 3.63) is 18.0 Å². The molecular formula is C15H28N4O2. The van der Waals surface area contributed by atoms with Crippen LogP contribution in [0.5, 0.6) is 0 Å². The van der Waals surface area contributed by atoms with Gasteiger partial charge in [0.05, 0.1) is 5.69 Å². The molecule has 0 saturated carbocycles. The quantitative estimate of drug-likeness (QED) is 0.810. The van der Waals surface area contributed by atoms with E-state index in [1.807, 2.05) is 38.4 Å². The molecule has 0 saturated heterocycles. The van der Waals surface area contributed by atoms with E-state index < -0.39 is 5.60 Å². The molecule has 120 valence electrons. The van der Waals surface area contributed by atoms with Gasteiger partial charge >= 0.3 is 6.09 Å². The number of nitrogens with zero attached hydrogens (tertiary/aromatic N) is 2. The van der Waals surface area contributed by atoms with Crippen LogP contribution in [0.3, 0.4) is 0 Å². The summed E-state index contributed by atoms with van der Waals surface area (Å²) < 4.78 is 7.22. The summed E-state index contributed by atoms with van der Waals surface area (Å²) in [4.78, 5) is 11.7. The number of ether oxygens (including phenoxy) is 1. The third kappa shape index (κ3) is 6.62. The van der Waals surface area contributed by atoms with Gasteiger partial charge in [0.25, 0.3) is 0 Å². The standard InChI is InChI=1S/C15H28N4O2/c1-6-12(18-14(20)21-15(3,4)5)10-16-11-13-8-9-17-19(13)7-2/h8-9,12,16H,6-7,10-11H2,1-5H3,(H,18,20). The van der Waals surface area contributed by atoms with Gasteiger partial charge in [0.2, 0.25) is 0 Å². The predicted octanol–water partition coefficient (Wildman–Crippen LogP) is 2.30. The normalized spacial score (nSPS) is 13.0. The second-order valence-electron chi connectivity index (χ2n) is 6.02. The van der Waals surface area contributed by atoms with Crippen LogP contribution in [0.2, 0.25) is 0 Å². The van der Waals surface area contributed by atoms with E-state index in [-0.39, 0.29) is 12.1 Å². The minimum Gasteiger partial charge on any atom is -0.444 e. The van der Waals surface area contributed by atoms with Crippen molar-refractivity contribution in [2.75, 3.05) is 6.54 Å². The lowest BCUT2D eigenvalue weighted by Crippen LogP contribution is -2.43. The Morgan fingerprint density at radius 2 is 2.14 bits per heavy atom. The fourth-order valence-electron chi connectivity index (χ4n) is 1.94. The number of amides is 1. The number of aromatic nitrogens is 2. The Balaban J connectivity index is 2.36. The van der Waals surface area contributed by atoms with Crippen LogP contribution in [0.25, 0.3) is 0 Å². The summed E-state index contributed by atoms with van der Waals surface area (Å²) in [6, 6.07) is 2.05. The first-order chi connectivity index (χ1) is 9.85. The first-order valence-corrected chi connectivity index (χ1v) is 7.56. The summed E-state index contributed by atoms with van der Waals surface area (Å²) in [6.45, 7) is 12.0. The van der Waals surface area contributed by atoms with Gasteiger partial charge < -0.3 is 15.4 Å². The Labute approximate surface area is 127 Å². The first kappa shape index (κ1) is 17.5. The molecule has 1 heterocycles. The number of nitrogens with one attached hydrogen (secondary N) is 2. The maximum atomic E-state index is 11.7. The summed E-state index contributed by atoms with van der Waals surface area (Å²) in [5.41, 5.74) is 0.674. The Bertz CT molecular complexity index is 437. The van der Waals surface area contributed by atoms with Gasteiger partial charge in [0.1, 0.15) is 5.60 Å². The summed E-state index contributed by atoms with van der Waals surface area (Å²) in [5, 5.41) is 10.5. The van der Waals surface area contributed by atoms with Crippen LogP contribution in [0.4, 0.5) is 4.79 Å². The van der Waals surface area contributed by atoms with Crippen LogP contribution in [-0.2, 0) is 17.8 Å². The predicted molar refractivity (Wildman–Crippen MR) is 83.1 cm³/mol. The number of hydrogen-bond donors (Lipinski definition) is 2. The smallest absolute Gasteiger partial charge is 0.407 e. The second kappa shape index (κ2) is 8.02. The Kier molecular flexibility index (Phi) is 6.68. The van der Waals surface area contributed by atoms with Crippen LogP contribution in [0.15, 0.2) is 12.3 Å². The van der Waals surface area contributed by atoms with Crippen molar-refractivity contribution in [1.82, 2.24) is 20.4 Å². The lowest BCUT2D eigenvalue weighted by Gasteiger charge is -2.23. The summed E-state index contributed by atoms with van der Waals surface area (Å²) >= 11 is 0. The molecule has 0 bridgehead atoms. The van der Waals surface area contributed by atoms with E-state index in [1.165, 1.54) is 0 Å². The summed E-state index contributed by atoms with van der Waals surface area (Å²) in [6.07, 6.45) is 2.28. The molecule has 0 spiro atoms. The molecule has 1 rings (SSSR count). The van der Waals surface area contributed by atoms with Crippen molar-refractivity contribution in [3.63, 3.8) is 0 Å². The SMILES string of the molecule is CCC(CNCc1ccnn1CC)NC(=O)OC(C)(C)C. The number of carbonyl (C=O) groups excluding carboxylic acids is 1. The van der Waals surface area contributed by atoms with E-state index in [9.17, 15) is 4.79 Å².